The summed E-state index contributed by atoms with van der Waals surface area (Å²) in [7, 11) is 2.95. The van der Waals surface area contributed by atoms with Gasteiger partial charge in [-0.25, -0.2) is 18.0 Å². The Kier molecular flexibility index (Phi) is 9.97. The van der Waals surface area contributed by atoms with E-state index in [1.165, 1.54) is 6.07 Å². The summed E-state index contributed by atoms with van der Waals surface area (Å²) in [4.78, 5) is 47.8. The highest BCUT2D eigenvalue weighted by atomic mass is 32.2. The van der Waals surface area contributed by atoms with Gasteiger partial charge in [-0.05, 0) is 55.4 Å². The molecule has 3 saturated heterocycles. The minimum absolute atomic E-state index is 0.0212. The molecule has 6 rings (SSSR count). The smallest absolute Gasteiger partial charge is 0.410 e. The Morgan fingerprint density at radius 3 is 2.28 bits per heavy atom. The molecular weight excluding hydrogens is 621 g/mol. The van der Waals surface area contributed by atoms with Crippen molar-refractivity contribution in [3.63, 3.8) is 0 Å². The number of para-hydroxylation sites is 1. The van der Waals surface area contributed by atoms with E-state index in [1.54, 1.807) is 21.9 Å². The van der Waals surface area contributed by atoms with Crippen LogP contribution >= 0.6 is 0 Å². The van der Waals surface area contributed by atoms with Crippen LogP contribution in [-0.4, -0.2) is 135 Å². The molecule has 1 atom stereocenters. The number of urea groups is 1. The van der Waals surface area contributed by atoms with E-state index < -0.39 is 22.0 Å². The van der Waals surface area contributed by atoms with Crippen molar-refractivity contribution < 1.29 is 32.6 Å². The number of fused-ring (bicyclic) bond motifs is 1. The summed E-state index contributed by atoms with van der Waals surface area (Å²) in [6.07, 6.45) is 1.79. The molecule has 4 amide bonds. The first kappa shape index (κ1) is 33.1. The van der Waals surface area contributed by atoms with E-state index in [2.05, 4.69) is 10.2 Å². The van der Waals surface area contributed by atoms with Crippen LogP contribution in [0.1, 0.15) is 36.8 Å². The molecule has 0 spiro atoms. The number of nitrogens with zero attached hydrogens (tertiary/aromatic N) is 4. The predicted octanol–water partition coefficient (Wildman–Crippen LogP) is 1.51. The number of amides is 4. The van der Waals surface area contributed by atoms with E-state index in [0.717, 1.165) is 17.7 Å². The summed E-state index contributed by atoms with van der Waals surface area (Å²) in [5, 5.41) is 12.9. The molecule has 250 valence electrons. The van der Waals surface area contributed by atoms with Gasteiger partial charge in [-0.3, -0.25) is 9.69 Å². The molecule has 14 heteroatoms. The summed E-state index contributed by atoms with van der Waals surface area (Å²) in [5.74, 6) is -0.0285. The third-order valence-corrected chi connectivity index (χ3v) is 11.6. The molecule has 47 heavy (non-hydrogen) atoms. The molecule has 2 aromatic carbocycles. The number of likely N-dealkylation sites (tertiary alicyclic amines) is 2. The van der Waals surface area contributed by atoms with Crippen molar-refractivity contribution >= 4 is 46.9 Å². The number of anilines is 1. The number of hydrogen-bond acceptors (Lipinski definition) is 8. The third kappa shape index (κ3) is 7.86. The number of phenolic OH excluding ortho intramolecular Hbond substituents is 1. The minimum Gasteiger partial charge on any atom is -0.509 e. The molecular formula is C33H42BN5O7S. The van der Waals surface area contributed by atoms with E-state index in [-0.39, 0.29) is 53.2 Å². The SMILES string of the molecule is [B]c1cc(C[C@@H](OC(=O)N2CCC(N3CCc4ccccc4NC3=O)CC2)C(=O)N2CCC(N3CCS(=O)(=O)CC3)CC2)ccc1O. The summed E-state index contributed by atoms with van der Waals surface area (Å²) in [6, 6.07) is 12.5. The third-order valence-electron chi connectivity index (χ3n) is 10.0. The first-order valence-electron chi connectivity index (χ1n) is 16.5. The quantitative estimate of drug-likeness (QED) is 0.444. The molecule has 0 unspecified atom stereocenters. The highest BCUT2D eigenvalue weighted by Gasteiger charge is 2.37. The maximum absolute atomic E-state index is 13.9. The second-order valence-electron chi connectivity index (χ2n) is 13.0. The van der Waals surface area contributed by atoms with Gasteiger partial charge in [0.05, 0.1) is 11.5 Å². The van der Waals surface area contributed by atoms with Crippen LogP contribution in [0.2, 0.25) is 0 Å². The first-order chi connectivity index (χ1) is 22.6. The van der Waals surface area contributed by atoms with E-state index in [9.17, 15) is 27.9 Å². The number of carbonyl (C=O) groups is 3. The van der Waals surface area contributed by atoms with Gasteiger partial charge >= 0.3 is 12.1 Å². The zero-order valence-electron chi connectivity index (χ0n) is 26.6. The van der Waals surface area contributed by atoms with Gasteiger partial charge < -0.3 is 29.9 Å². The van der Waals surface area contributed by atoms with E-state index in [0.29, 0.717) is 77.1 Å². The standard InChI is InChI=1S/C33H42BN5O7S/c34-27-21-23(5-6-29(27)40)22-30(31(41)37-12-8-25(9-13-37)36-17-19-47(44,45)20-18-36)46-33(43)38-14-10-26(11-15-38)39-16-7-24-3-1-2-4-28(24)35-32(39)42/h1-6,21,25-26,30,40H,7-20,22H2,(H,35,42)/t30-/m1/s1. The van der Waals surface area contributed by atoms with Crippen LogP contribution in [0, 0.1) is 0 Å². The molecule has 0 aromatic heterocycles. The lowest BCUT2D eigenvalue weighted by atomic mass is 9.91. The van der Waals surface area contributed by atoms with Crippen LogP contribution in [0.15, 0.2) is 42.5 Å². The Balaban J connectivity index is 1.07. The average molecular weight is 664 g/mol. The Morgan fingerprint density at radius 2 is 1.57 bits per heavy atom. The number of sulfone groups is 1. The highest BCUT2D eigenvalue weighted by molar-refractivity contribution is 7.91. The molecule has 2 radical (unpaired) electrons. The summed E-state index contributed by atoms with van der Waals surface area (Å²) in [6.45, 7) is 3.36. The number of hydrogen-bond donors (Lipinski definition) is 2. The van der Waals surface area contributed by atoms with Gasteiger partial charge in [0, 0.05) is 70.0 Å². The van der Waals surface area contributed by atoms with Crippen molar-refractivity contribution in [2.75, 3.05) is 62.6 Å². The van der Waals surface area contributed by atoms with E-state index >= 15 is 0 Å². The zero-order chi connectivity index (χ0) is 33.1. The number of piperidine rings is 2. The number of aromatic hydroxyl groups is 1. The normalized spacial score (nSPS) is 21.8. The van der Waals surface area contributed by atoms with Crippen molar-refractivity contribution in [2.45, 2.75) is 56.7 Å². The molecule has 4 aliphatic rings. The lowest BCUT2D eigenvalue weighted by molar-refractivity contribution is -0.142. The fourth-order valence-electron chi connectivity index (χ4n) is 7.17. The molecule has 0 aliphatic carbocycles. The van der Waals surface area contributed by atoms with Crippen LogP contribution in [0.3, 0.4) is 0 Å². The van der Waals surface area contributed by atoms with Crippen molar-refractivity contribution in [3.05, 3.63) is 53.6 Å². The van der Waals surface area contributed by atoms with Crippen molar-refractivity contribution in [1.29, 1.82) is 0 Å². The van der Waals surface area contributed by atoms with Gasteiger partial charge in [-0.2, -0.15) is 0 Å². The van der Waals surface area contributed by atoms with Crippen LogP contribution in [0.5, 0.6) is 5.75 Å². The number of nitrogens with one attached hydrogen (secondary N) is 1. The molecule has 2 N–H and O–H groups in total. The van der Waals surface area contributed by atoms with Crippen LogP contribution in [0.25, 0.3) is 0 Å². The molecule has 0 saturated carbocycles. The van der Waals surface area contributed by atoms with Gasteiger partial charge in [0.2, 0.25) is 0 Å². The lowest BCUT2D eigenvalue weighted by Gasteiger charge is -2.41. The fourth-order valence-corrected chi connectivity index (χ4v) is 8.40. The van der Waals surface area contributed by atoms with Gasteiger partial charge in [0.1, 0.15) is 13.6 Å². The zero-order valence-corrected chi connectivity index (χ0v) is 27.4. The van der Waals surface area contributed by atoms with Gasteiger partial charge in [0.25, 0.3) is 5.91 Å². The number of ether oxygens (including phenoxy) is 1. The monoisotopic (exact) mass is 663 g/mol. The predicted molar refractivity (Wildman–Crippen MR) is 178 cm³/mol. The lowest BCUT2D eigenvalue weighted by Crippen LogP contribution is -2.54. The summed E-state index contributed by atoms with van der Waals surface area (Å²) >= 11 is 0. The van der Waals surface area contributed by atoms with Gasteiger partial charge in [0.15, 0.2) is 15.9 Å². The largest absolute Gasteiger partial charge is 0.509 e. The van der Waals surface area contributed by atoms with Crippen molar-refractivity contribution in [1.82, 2.24) is 19.6 Å². The number of phenols is 1. The van der Waals surface area contributed by atoms with Gasteiger partial charge in [-0.1, -0.05) is 35.8 Å². The second kappa shape index (κ2) is 14.1. The van der Waals surface area contributed by atoms with Gasteiger partial charge in [-0.15, -0.1) is 0 Å². The molecule has 3 fully saturated rings. The van der Waals surface area contributed by atoms with Crippen LogP contribution in [-0.2, 0) is 32.2 Å². The highest BCUT2D eigenvalue weighted by Crippen LogP contribution is 2.26. The summed E-state index contributed by atoms with van der Waals surface area (Å²) < 4.78 is 29.7. The number of carbonyl (C=O) groups excluding carboxylic acids is 3. The van der Waals surface area contributed by atoms with Crippen molar-refractivity contribution in [3.8, 4) is 5.75 Å². The second-order valence-corrected chi connectivity index (χ2v) is 15.3. The summed E-state index contributed by atoms with van der Waals surface area (Å²) in [5.41, 5.74) is 2.76. The molecule has 4 heterocycles. The minimum atomic E-state index is -2.97. The fraction of sp³-hybridized carbons (Fsp3) is 0.545. The Hall–Kier alpha value is -3.78. The van der Waals surface area contributed by atoms with E-state index in [4.69, 9.17) is 12.6 Å². The topological polar surface area (TPSA) is 140 Å². The number of rotatable bonds is 6. The van der Waals surface area contributed by atoms with Crippen LogP contribution in [0.4, 0.5) is 15.3 Å². The van der Waals surface area contributed by atoms with Crippen molar-refractivity contribution in [2.24, 2.45) is 0 Å². The number of benzene rings is 2. The maximum Gasteiger partial charge on any atom is 0.410 e. The molecule has 2 aromatic rings. The molecule has 12 nitrogen and oxygen atoms in total. The molecule has 0 bridgehead atoms. The Bertz CT molecular complexity index is 1580. The Morgan fingerprint density at radius 1 is 0.915 bits per heavy atom. The van der Waals surface area contributed by atoms with E-state index in [1.807, 2.05) is 29.2 Å². The Labute approximate surface area is 277 Å². The van der Waals surface area contributed by atoms with Crippen LogP contribution < -0.4 is 10.8 Å². The first-order valence-corrected chi connectivity index (χ1v) is 18.3. The maximum atomic E-state index is 13.9. The average Bonchev–Trinajstić information content (AvgIpc) is 3.24. The molecule has 4 aliphatic heterocycles.